The Morgan fingerprint density at radius 1 is 0.424 bits per heavy atom. The summed E-state index contributed by atoms with van der Waals surface area (Å²) in [5, 5.41) is 24.9. The molecule has 0 amide bonds. The second-order valence-corrected chi connectivity index (χ2v) is 14.5. The van der Waals surface area contributed by atoms with Crippen molar-refractivity contribution in [2.24, 2.45) is 0 Å². The quantitative estimate of drug-likeness (QED) is 0.0450. The molecule has 20 nitrogen and oxygen atoms in total. The summed E-state index contributed by atoms with van der Waals surface area (Å²) in [5.41, 5.74) is 0.837. The minimum atomic E-state index is -0.680. The van der Waals surface area contributed by atoms with Crippen LogP contribution in [-0.2, 0) is 63.3 Å². The molecule has 0 heterocycles. The molecular weight excluding hydrogens is 867 g/mol. The van der Waals surface area contributed by atoms with Gasteiger partial charge in [-0.3, -0.25) is 20.2 Å². The molecule has 0 saturated heterocycles. The van der Waals surface area contributed by atoms with Crippen LogP contribution in [0.5, 0.6) is 5.75 Å². The summed E-state index contributed by atoms with van der Waals surface area (Å²) in [6, 6.07) is 11.8. The molecule has 0 aromatic heterocycles. The normalized spacial score (nSPS) is 11.3. The summed E-state index contributed by atoms with van der Waals surface area (Å²) in [5.74, 6) is 0.874. The molecule has 378 valence electrons. The predicted octanol–water partition coefficient (Wildman–Crippen LogP) is 6.10. The van der Waals surface area contributed by atoms with Gasteiger partial charge in [-0.1, -0.05) is 51.2 Å². The molecule has 0 atom stereocenters. The van der Waals surface area contributed by atoms with E-state index in [0.29, 0.717) is 159 Å². The number of rotatable bonds is 50. The van der Waals surface area contributed by atoms with Crippen molar-refractivity contribution in [1.29, 1.82) is 0 Å². The van der Waals surface area contributed by atoms with E-state index < -0.39 is 9.85 Å². The Hall–Kier alpha value is -3.64. The lowest BCUT2D eigenvalue weighted by molar-refractivity contribution is -0.393. The van der Waals surface area contributed by atoms with Crippen molar-refractivity contribution >= 4 is 17.1 Å². The third-order valence-corrected chi connectivity index (χ3v) is 9.28. The van der Waals surface area contributed by atoms with Gasteiger partial charge in [0.05, 0.1) is 174 Å². The van der Waals surface area contributed by atoms with E-state index in [9.17, 15) is 20.2 Å². The van der Waals surface area contributed by atoms with Gasteiger partial charge in [-0.05, 0) is 36.6 Å². The van der Waals surface area contributed by atoms with Crippen LogP contribution in [0, 0.1) is 20.2 Å². The van der Waals surface area contributed by atoms with Crippen LogP contribution in [0.25, 0.3) is 0 Å². The molecule has 0 spiro atoms. The van der Waals surface area contributed by atoms with Crippen LogP contribution in [0.2, 0.25) is 0 Å². The van der Waals surface area contributed by atoms with Crippen LogP contribution in [0.3, 0.4) is 0 Å². The summed E-state index contributed by atoms with van der Waals surface area (Å²) < 4.78 is 71.8. The first-order valence-corrected chi connectivity index (χ1v) is 23.3. The third kappa shape index (κ3) is 34.6. The Kier molecular flexibility index (Phi) is 38.9. The number of non-ortho nitro benzene ring substituents is 1. The molecule has 0 unspecified atom stereocenters. The minimum absolute atomic E-state index is 0.184. The molecule has 0 aliphatic heterocycles. The smallest absolute Gasteiger partial charge is 0.299 e. The van der Waals surface area contributed by atoms with Gasteiger partial charge < -0.3 is 66.9 Å². The zero-order chi connectivity index (χ0) is 47.2. The summed E-state index contributed by atoms with van der Waals surface area (Å²) in [4.78, 5) is 20.7. The summed E-state index contributed by atoms with van der Waals surface area (Å²) in [6.07, 6.45) is 9.02. The molecule has 0 aliphatic carbocycles. The lowest BCUT2D eigenvalue weighted by Crippen LogP contribution is -2.16. The molecule has 2 aromatic rings. The fraction of sp³-hybridized carbons (Fsp3) is 0.739. The molecule has 0 bridgehead atoms. The van der Waals surface area contributed by atoms with Crippen LogP contribution < -0.4 is 10.1 Å². The highest BCUT2D eigenvalue weighted by Gasteiger charge is 2.19. The molecule has 66 heavy (non-hydrogen) atoms. The van der Waals surface area contributed by atoms with Gasteiger partial charge in [-0.25, -0.2) is 0 Å². The van der Waals surface area contributed by atoms with Gasteiger partial charge in [0.25, 0.3) is 11.4 Å². The number of aryl methyl sites for hydroxylation is 1. The van der Waals surface area contributed by atoms with Gasteiger partial charge in [-0.2, -0.15) is 0 Å². The summed E-state index contributed by atoms with van der Waals surface area (Å²) in [6.45, 7) is 13.9. The highest BCUT2D eigenvalue weighted by atomic mass is 16.6. The van der Waals surface area contributed by atoms with Crippen LogP contribution in [-0.4, -0.2) is 182 Å². The first kappa shape index (κ1) is 58.5. The number of ether oxygens (including phenoxy) is 13. The van der Waals surface area contributed by atoms with Crippen molar-refractivity contribution in [3.05, 3.63) is 68.3 Å². The average Bonchev–Trinajstić information content (AvgIpc) is 3.32. The fourth-order valence-electron chi connectivity index (χ4n) is 5.79. The average molecular weight is 944 g/mol. The predicted molar refractivity (Wildman–Crippen MR) is 247 cm³/mol. The van der Waals surface area contributed by atoms with Crippen molar-refractivity contribution in [2.45, 2.75) is 51.9 Å². The largest absolute Gasteiger partial charge is 0.491 e. The number of nitro benzene ring substituents is 2. The van der Waals surface area contributed by atoms with E-state index in [1.54, 1.807) is 0 Å². The minimum Gasteiger partial charge on any atom is -0.491 e. The molecule has 1 N–H and O–H groups in total. The van der Waals surface area contributed by atoms with E-state index in [0.717, 1.165) is 18.2 Å². The zero-order valence-corrected chi connectivity index (χ0v) is 39.2. The van der Waals surface area contributed by atoms with Crippen molar-refractivity contribution in [3.8, 4) is 5.75 Å². The van der Waals surface area contributed by atoms with E-state index in [1.165, 1.54) is 56.2 Å². The molecular formula is C46H77N3O17. The second kappa shape index (κ2) is 43.9. The highest BCUT2D eigenvalue weighted by molar-refractivity contribution is 5.65. The van der Waals surface area contributed by atoms with E-state index in [2.05, 4.69) is 24.4 Å². The van der Waals surface area contributed by atoms with Gasteiger partial charge in [0, 0.05) is 12.6 Å². The number of hydrogen-bond donors (Lipinski definition) is 1. The van der Waals surface area contributed by atoms with Gasteiger partial charge in [-0.15, -0.1) is 0 Å². The van der Waals surface area contributed by atoms with Crippen LogP contribution in [0.4, 0.5) is 17.1 Å². The molecule has 2 rings (SSSR count). The Morgan fingerprint density at radius 2 is 0.788 bits per heavy atom. The molecule has 2 aromatic carbocycles. The third-order valence-electron chi connectivity index (χ3n) is 9.28. The number of benzene rings is 2. The van der Waals surface area contributed by atoms with E-state index in [4.69, 9.17) is 61.6 Å². The SMILES string of the molecule is CCCCCCCCc1ccc(OCCOCCOCCOCCOCCOCCOCCOCCOCCOCCOCCOCCOCCNc2ccc([N+](=O)[O-])cc2[N+](=O)[O-])cc1. The molecule has 20 heteroatoms. The Balaban J connectivity index is 1.17. The molecule has 0 saturated carbocycles. The van der Waals surface area contributed by atoms with Crippen LogP contribution in [0.15, 0.2) is 42.5 Å². The maximum absolute atomic E-state index is 11.2. The lowest BCUT2D eigenvalue weighted by Gasteiger charge is -2.09. The fourth-order valence-corrected chi connectivity index (χ4v) is 5.79. The van der Waals surface area contributed by atoms with E-state index in [1.807, 2.05) is 12.1 Å². The Morgan fingerprint density at radius 3 is 1.17 bits per heavy atom. The molecule has 0 radical (unpaired) electrons. The number of nitrogens with one attached hydrogen (secondary N) is 1. The van der Waals surface area contributed by atoms with Crippen LogP contribution in [0.1, 0.15) is 51.0 Å². The van der Waals surface area contributed by atoms with Crippen molar-refractivity contribution < 1.29 is 71.4 Å². The molecule has 0 aliphatic rings. The first-order valence-electron chi connectivity index (χ1n) is 23.3. The van der Waals surface area contributed by atoms with Gasteiger partial charge in [0.2, 0.25) is 0 Å². The number of hydrogen-bond acceptors (Lipinski definition) is 18. The number of unbranched alkanes of at least 4 members (excludes halogenated alkanes) is 5. The van der Waals surface area contributed by atoms with Gasteiger partial charge in [0.1, 0.15) is 18.0 Å². The summed E-state index contributed by atoms with van der Waals surface area (Å²) >= 11 is 0. The van der Waals surface area contributed by atoms with Crippen molar-refractivity contribution in [2.75, 3.05) is 177 Å². The van der Waals surface area contributed by atoms with E-state index >= 15 is 0 Å². The van der Waals surface area contributed by atoms with Crippen molar-refractivity contribution in [3.63, 3.8) is 0 Å². The first-order chi connectivity index (χ1) is 32.5. The maximum Gasteiger partial charge on any atom is 0.299 e. The molecule has 0 fully saturated rings. The number of nitro groups is 2. The standard InChI is InChI=1S/C46H77N3O17/c1-2-3-4-5-6-7-8-42-9-12-44(13-10-42)66-40-39-65-38-37-64-36-35-63-34-33-62-32-31-61-30-29-60-28-27-59-26-25-58-24-23-57-22-21-56-20-19-55-18-17-54-16-15-47-45-14-11-43(48(50)51)41-46(45)49(52)53/h9-14,41,47H,2-8,15-40H2,1H3. The number of nitrogens with zero attached hydrogens (tertiary/aromatic N) is 2. The van der Waals surface area contributed by atoms with Gasteiger partial charge in [0.15, 0.2) is 0 Å². The monoisotopic (exact) mass is 944 g/mol. The number of anilines is 1. The maximum atomic E-state index is 11.2. The van der Waals surface area contributed by atoms with Crippen molar-refractivity contribution in [1.82, 2.24) is 0 Å². The summed E-state index contributed by atoms with van der Waals surface area (Å²) in [7, 11) is 0. The topological polar surface area (TPSA) is 218 Å². The lowest BCUT2D eigenvalue weighted by atomic mass is 10.0. The van der Waals surface area contributed by atoms with Gasteiger partial charge >= 0.3 is 0 Å². The van der Waals surface area contributed by atoms with E-state index in [-0.39, 0.29) is 30.2 Å². The second-order valence-electron chi connectivity index (χ2n) is 14.5. The zero-order valence-electron chi connectivity index (χ0n) is 39.2. The highest BCUT2D eigenvalue weighted by Crippen LogP contribution is 2.28. The Bertz CT molecular complexity index is 1430. The van der Waals surface area contributed by atoms with Crippen LogP contribution >= 0.6 is 0 Å². The Labute approximate surface area is 390 Å².